The number of carbonyl (C=O) groups is 2. The molecule has 1 N–H and O–H groups in total. The van der Waals surface area contributed by atoms with Crippen molar-refractivity contribution in [3.05, 3.63) is 35.4 Å². The molecule has 1 amide bonds. The molecule has 0 spiro atoms. The Labute approximate surface area is 119 Å². The van der Waals surface area contributed by atoms with Gasteiger partial charge in [0.05, 0.1) is 5.56 Å². The Morgan fingerprint density at radius 3 is 2.29 bits per heavy atom. The van der Waals surface area contributed by atoms with Crippen molar-refractivity contribution in [2.75, 3.05) is 6.54 Å². The zero-order valence-corrected chi connectivity index (χ0v) is 11.2. The second kappa shape index (κ2) is 5.38. The Morgan fingerprint density at radius 2 is 1.81 bits per heavy atom. The van der Waals surface area contributed by atoms with Gasteiger partial charge in [-0.25, -0.2) is 4.79 Å². The number of halogens is 3. The fraction of sp³-hybridized carbons (Fsp3) is 0.429. The van der Waals surface area contributed by atoms with Crippen LogP contribution in [0.25, 0.3) is 0 Å². The fourth-order valence-electron chi connectivity index (χ4n) is 2.52. The third-order valence-electron chi connectivity index (χ3n) is 3.67. The summed E-state index contributed by atoms with van der Waals surface area (Å²) in [7, 11) is 0. The summed E-state index contributed by atoms with van der Waals surface area (Å²) in [5, 5.41) is 9.16. The molecular weight excluding hydrogens is 287 g/mol. The Bertz CT molecular complexity index is 554. The van der Waals surface area contributed by atoms with E-state index in [1.807, 2.05) is 0 Å². The topological polar surface area (TPSA) is 57.6 Å². The third kappa shape index (κ3) is 3.01. The summed E-state index contributed by atoms with van der Waals surface area (Å²) in [4.78, 5) is 24.7. The normalized spacial score (nSPS) is 22.4. The lowest BCUT2D eigenvalue weighted by atomic mass is 10.0. The summed E-state index contributed by atoms with van der Waals surface area (Å²) >= 11 is 0. The molecule has 0 aliphatic carbocycles. The molecule has 1 fully saturated rings. The van der Waals surface area contributed by atoms with Gasteiger partial charge < -0.3 is 10.0 Å². The number of carbonyl (C=O) groups excluding carboxylic acids is 1. The molecule has 7 heteroatoms. The van der Waals surface area contributed by atoms with Crippen LogP contribution in [0.3, 0.4) is 0 Å². The number of carboxylic acids is 1. The van der Waals surface area contributed by atoms with Crippen LogP contribution in [-0.4, -0.2) is 34.5 Å². The number of nitrogens with zero attached hydrogens (tertiary/aromatic N) is 1. The van der Waals surface area contributed by atoms with Crippen LogP contribution < -0.4 is 0 Å². The number of hydrogen-bond donors (Lipinski definition) is 1. The van der Waals surface area contributed by atoms with Crippen molar-refractivity contribution < 1.29 is 27.9 Å². The van der Waals surface area contributed by atoms with Gasteiger partial charge in [-0.1, -0.05) is 6.92 Å². The standard InChI is InChI=1S/C14H14F3NO3/c1-8-6-7-18(11(8)13(20)21)12(19)9-2-4-10(5-3-9)14(15,16)17/h2-5,8,11H,6-7H2,1H3,(H,20,21). The van der Waals surface area contributed by atoms with Gasteiger partial charge in [0.1, 0.15) is 6.04 Å². The van der Waals surface area contributed by atoms with E-state index in [1.54, 1.807) is 6.92 Å². The highest BCUT2D eigenvalue weighted by molar-refractivity contribution is 5.97. The molecule has 1 aromatic carbocycles. The Morgan fingerprint density at radius 1 is 1.24 bits per heavy atom. The maximum Gasteiger partial charge on any atom is 0.416 e. The van der Waals surface area contributed by atoms with Gasteiger partial charge in [0, 0.05) is 12.1 Å². The molecule has 1 aliphatic heterocycles. The van der Waals surface area contributed by atoms with E-state index in [0.29, 0.717) is 6.42 Å². The molecule has 2 atom stereocenters. The first-order valence-electron chi connectivity index (χ1n) is 6.43. The minimum atomic E-state index is -4.46. The molecule has 1 aromatic rings. The first-order valence-corrected chi connectivity index (χ1v) is 6.43. The molecule has 114 valence electrons. The lowest BCUT2D eigenvalue weighted by Crippen LogP contribution is -2.42. The number of carboxylic acid groups (broad SMARTS) is 1. The van der Waals surface area contributed by atoms with Crippen LogP contribution in [0.4, 0.5) is 13.2 Å². The molecule has 0 bridgehead atoms. The van der Waals surface area contributed by atoms with Crippen molar-refractivity contribution in [3.8, 4) is 0 Å². The van der Waals surface area contributed by atoms with Gasteiger partial charge in [0.2, 0.25) is 0 Å². The van der Waals surface area contributed by atoms with Crippen molar-refractivity contribution >= 4 is 11.9 Å². The van der Waals surface area contributed by atoms with Gasteiger partial charge in [-0.3, -0.25) is 4.79 Å². The predicted octanol–water partition coefficient (Wildman–Crippen LogP) is 2.64. The highest BCUT2D eigenvalue weighted by Crippen LogP contribution is 2.30. The highest BCUT2D eigenvalue weighted by atomic mass is 19.4. The van der Waals surface area contributed by atoms with E-state index in [4.69, 9.17) is 5.11 Å². The van der Waals surface area contributed by atoms with Gasteiger partial charge in [0.25, 0.3) is 5.91 Å². The van der Waals surface area contributed by atoms with Gasteiger partial charge in [0.15, 0.2) is 0 Å². The SMILES string of the molecule is CC1CCN(C(=O)c2ccc(C(F)(F)F)cc2)C1C(=O)O. The van der Waals surface area contributed by atoms with E-state index in [1.165, 1.54) is 4.90 Å². The average Bonchev–Trinajstić information content (AvgIpc) is 2.79. The molecule has 4 nitrogen and oxygen atoms in total. The molecule has 0 aromatic heterocycles. The molecule has 1 aliphatic rings. The van der Waals surface area contributed by atoms with Crippen molar-refractivity contribution in [2.45, 2.75) is 25.6 Å². The second-order valence-corrected chi connectivity index (χ2v) is 5.12. The van der Waals surface area contributed by atoms with Crippen molar-refractivity contribution in [1.82, 2.24) is 4.90 Å². The highest BCUT2D eigenvalue weighted by Gasteiger charge is 2.40. The maximum atomic E-state index is 12.5. The van der Waals surface area contributed by atoms with Crippen LogP contribution in [-0.2, 0) is 11.0 Å². The molecule has 2 rings (SSSR count). The number of likely N-dealkylation sites (tertiary alicyclic amines) is 1. The first kappa shape index (κ1) is 15.3. The molecule has 0 radical (unpaired) electrons. The van der Waals surface area contributed by atoms with E-state index < -0.39 is 29.7 Å². The van der Waals surface area contributed by atoms with Crippen LogP contribution in [0, 0.1) is 5.92 Å². The molecule has 21 heavy (non-hydrogen) atoms. The van der Waals surface area contributed by atoms with Crippen molar-refractivity contribution in [3.63, 3.8) is 0 Å². The largest absolute Gasteiger partial charge is 0.480 e. The summed E-state index contributed by atoms with van der Waals surface area (Å²) in [6.45, 7) is 2.02. The summed E-state index contributed by atoms with van der Waals surface area (Å²) < 4.78 is 37.4. The predicted molar refractivity (Wildman–Crippen MR) is 67.7 cm³/mol. The summed E-state index contributed by atoms with van der Waals surface area (Å²) in [5.74, 6) is -1.83. The summed E-state index contributed by atoms with van der Waals surface area (Å²) in [5.41, 5.74) is -0.785. The molecule has 1 saturated heterocycles. The lowest BCUT2D eigenvalue weighted by molar-refractivity contribution is -0.142. The van der Waals surface area contributed by atoms with Gasteiger partial charge >= 0.3 is 12.1 Å². The molecular formula is C14H14F3NO3. The van der Waals surface area contributed by atoms with Gasteiger partial charge in [-0.15, -0.1) is 0 Å². The molecule has 1 heterocycles. The summed E-state index contributed by atoms with van der Waals surface area (Å²) in [6.07, 6.45) is -3.91. The summed E-state index contributed by atoms with van der Waals surface area (Å²) in [6, 6.07) is 2.87. The fourth-order valence-corrected chi connectivity index (χ4v) is 2.52. The van der Waals surface area contributed by atoms with Gasteiger partial charge in [-0.2, -0.15) is 13.2 Å². The number of hydrogen-bond acceptors (Lipinski definition) is 2. The number of rotatable bonds is 2. The van der Waals surface area contributed by atoms with E-state index in [9.17, 15) is 22.8 Å². The van der Waals surface area contributed by atoms with Crippen molar-refractivity contribution in [1.29, 1.82) is 0 Å². The van der Waals surface area contributed by atoms with Crippen LogP contribution in [0.5, 0.6) is 0 Å². The minimum Gasteiger partial charge on any atom is -0.480 e. The molecule has 2 unspecified atom stereocenters. The number of aliphatic carboxylic acids is 1. The van der Waals surface area contributed by atoms with Crippen LogP contribution in [0.2, 0.25) is 0 Å². The Kier molecular flexibility index (Phi) is 3.93. The van der Waals surface area contributed by atoms with E-state index >= 15 is 0 Å². The quantitative estimate of drug-likeness (QED) is 0.913. The van der Waals surface area contributed by atoms with Crippen molar-refractivity contribution in [2.24, 2.45) is 5.92 Å². The maximum absolute atomic E-state index is 12.5. The zero-order chi connectivity index (χ0) is 15.8. The zero-order valence-electron chi connectivity index (χ0n) is 11.2. The Balaban J connectivity index is 2.22. The number of amides is 1. The Hall–Kier alpha value is -2.05. The second-order valence-electron chi connectivity index (χ2n) is 5.12. The van der Waals surface area contributed by atoms with E-state index in [-0.39, 0.29) is 18.0 Å². The molecule has 0 saturated carbocycles. The third-order valence-corrected chi connectivity index (χ3v) is 3.67. The average molecular weight is 301 g/mol. The van der Waals surface area contributed by atoms with Crippen LogP contribution in [0.15, 0.2) is 24.3 Å². The smallest absolute Gasteiger partial charge is 0.416 e. The number of benzene rings is 1. The van der Waals surface area contributed by atoms with E-state index in [0.717, 1.165) is 24.3 Å². The van der Waals surface area contributed by atoms with Crippen LogP contribution in [0.1, 0.15) is 29.3 Å². The van der Waals surface area contributed by atoms with Gasteiger partial charge in [-0.05, 0) is 36.6 Å². The minimum absolute atomic E-state index is 0.0587. The monoisotopic (exact) mass is 301 g/mol. The van der Waals surface area contributed by atoms with Crippen LogP contribution >= 0.6 is 0 Å². The number of alkyl halides is 3. The first-order chi connectivity index (χ1) is 9.71. The van der Waals surface area contributed by atoms with E-state index in [2.05, 4.69) is 0 Å². The lowest BCUT2D eigenvalue weighted by Gasteiger charge is -2.23.